The van der Waals surface area contributed by atoms with E-state index in [-0.39, 0.29) is 18.4 Å². The molecule has 0 unspecified atom stereocenters. The van der Waals surface area contributed by atoms with Crippen molar-refractivity contribution < 1.29 is 19.1 Å². The van der Waals surface area contributed by atoms with Crippen LogP contribution in [0.5, 0.6) is 5.75 Å². The molecule has 1 N–H and O–H groups in total. The maximum Gasteiger partial charge on any atom is 0.243 e. The Morgan fingerprint density at radius 2 is 1.92 bits per heavy atom. The summed E-state index contributed by atoms with van der Waals surface area (Å²) in [5, 5.41) is 2.81. The fourth-order valence-electron chi connectivity index (χ4n) is 2.61. The normalized spacial score (nSPS) is 14.8. The van der Waals surface area contributed by atoms with E-state index in [0.717, 1.165) is 38.6 Å². The van der Waals surface area contributed by atoms with Crippen LogP contribution in [0.4, 0.5) is 5.69 Å². The largest absolute Gasteiger partial charge is 0.494 e. The van der Waals surface area contributed by atoms with Crippen LogP contribution in [-0.2, 0) is 14.3 Å². The van der Waals surface area contributed by atoms with Gasteiger partial charge in [0.1, 0.15) is 5.75 Å². The Bertz CT molecular complexity index is 556. The van der Waals surface area contributed by atoms with Gasteiger partial charge >= 0.3 is 0 Å². The van der Waals surface area contributed by atoms with Gasteiger partial charge in [0.05, 0.1) is 26.4 Å². The van der Waals surface area contributed by atoms with E-state index in [2.05, 4.69) is 10.2 Å². The van der Waals surface area contributed by atoms with E-state index >= 15 is 0 Å². The molecular weight excluding hydrogens is 322 g/mol. The van der Waals surface area contributed by atoms with Gasteiger partial charge in [-0.05, 0) is 31.2 Å². The van der Waals surface area contributed by atoms with Gasteiger partial charge in [0.2, 0.25) is 11.8 Å². The number of amides is 2. The molecule has 0 radical (unpaired) electrons. The van der Waals surface area contributed by atoms with Crippen LogP contribution < -0.4 is 10.1 Å². The van der Waals surface area contributed by atoms with Gasteiger partial charge < -0.3 is 19.7 Å². The van der Waals surface area contributed by atoms with Gasteiger partial charge in [0.15, 0.2) is 0 Å². The standard InChI is InChI=1S/C18H27N3O4/c1-3-25-17-6-4-16(5-7-17)19-18(23)14-21(15(2)22)9-8-20-10-12-24-13-11-20/h4-7H,3,8-14H2,1-2H3,(H,19,23). The second kappa shape index (κ2) is 10.0. The summed E-state index contributed by atoms with van der Waals surface area (Å²) in [6, 6.07) is 7.18. The van der Waals surface area contributed by atoms with Crippen LogP contribution in [0, 0.1) is 0 Å². The van der Waals surface area contributed by atoms with Gasteiger partial charge in [-0.15, -0.1) is 0 Å². The Morgan fingerprint density at radius 3 is 2.52 bits per heavy atom. The summed E-state index contributed by atoms with van der Waals surface area (Å²) in [4.78, 5) is 27.8. The number of nitrogens with one attached hydrogen (secondary N) is 1. The lowest BCUT2D eigenvalue weighted by Crippen LogP contribution is -2.44. The van der Waals surface area contributed by atoms with Crippen molar-refractivity contribution >= 4 is 17.5 Å². The van der Waals surface area contributed by atoms with Crippen molar-refractivity contribution in [3.05, 3.63) is 24.3 Å². The molecule has 1 saturated heterocycles. The van der Waals surface area contributed by atoms with Crippen LogP contribution in [0.1, 0.15) is 13.8 Å². The van der Waals surface area contributed by atoms with Crippen molar-refractivity contribution in [3.63, 3.8) is 0 Å². The number of benzene rings is 1. The molecule has 138 valence electrons. The number of anilines is 1. The summed E-state index contributed by atoms with van der Waals surface area (Å²) in [7, 11) is 0. The first-order valence-corrected chi connectivity index (χ1v) is 8.67. The fourth-order valence-corrected chi connectivity index (χ4v) is 2.61. The number of nitrogens with zero attached hydrogens (tertiary/aromatic N) is 2. The van der Waals surface area contributed by atoms with Crippen LogP contribution in [0.25, 0.3) is 0 Å². The molecule has 1 aliphatic heterocycles. The van der Waals surface area contributed by atoms with Crippen LogP contribution in [0.2, 0.25) is 0 Å². The lowest BCUT2D eigenvalue weighted by molar-refractivity contribution is -0.133. The number of rotatable bonds is 8. The molecule has 7 nitrogen and oxygen atoms in total. The van der Waals surface area contributed by atoms with Gasteiger partial charge in [0.25, 0.3) is 0 Å². The summed E-state index contributed by atoms with van der Waals surface area (Å²) < 4.78 is 10.7. The molecule has 0 bridgehead atoms. The van der Waals surface area contributed by atoms with Gasteiger partial charge in [-0.25, -0.2) is 0 Å². The minimum Gasteiger partial charge on any atom is -0.494 e. The van der Waals surface area contributed by atoms with Crippen LogP contribution in [0.3, 0.4) is 0 Å². The van der Waals surface area contributed by atoms with Crippen molar-refractivity contribution in [2.45, 2.75) is 13.8 Å². The Balaban J connectivity index is 1.81. The van der Waals surface area contributed by atoms with Crippen molar-refractivity contribution in [1.82, 2.24) is 9.80 Å². The highest BCUT2D eigenvalue weighted by Gasteiger charge is 2.16. The van der Waals surface area contributed by atoms with Crippen LogP contribution in [0.15, 0.2) is 24.3 Å². The predicted octanol–water partition coefficient (Wildman–Crippen LogP) is 1.20. The Morgan fingerprint density at radius 1 is 1.24 bits per heavy atom. The Labute approximate surface area is 148 Å². The highest BCUT2D eigenvalue weighted by molar-refractivity contribution is 5.94. The predicted molar refractivity (Wildman–Crippen MR) is 95.8 cm³/mol. The average molecular weight is 349 g/mol. The molecule has 0 atom stereocenters. The lowest BCUT2D eigenvalue weighted by Gasteiger charge is -2.29. The molecule has 1 fully saturated rings. The van der Waals surface area contributed by atoms with E-state index in [1.165, 1.54) is 6.92 Å². The zero-order valence-corrected chi connectivity index (χ0v) is 15.0. The molecule has 0 spiro atoms. The molecule has 1 aromatic carbocycles. The number of hydrogen-bond acceptors (Lipinski definition) is 5. The van der Waals surface area contributed by atoms with Crippen molar-refractivity contribution in [1.29, 1.82) is 0 Å². The third-order valence-electron chi connectivity index (χ3n) is 4.02. The third-order valence-corrected chi connectivity index (χ3v) is 4.02. The average Bonchev–Trinajstić information content (AvgIpc) is 2.61. The molecule has 2 rings (SSSR count). The first-order valence-electron chi connectivity index (χ1n) is 8.67. The Hall–Kier alpha value is -2.12. The molecule has 0 aromatic heterocycles. The number of carbonyl (C=O) groups excluding carboxylic acids is 2. The Kier molecular flexibility index (Phi) is 7.69. The first-order chi connectivity index (χ1) is 12.1. The highest BCUT2D eigenvalue weighted by atomic mass is 16.5. The molecule has 25 heavy (non-hydrogen) atoms. The summed E-state index contributed by atoms with van der Waals surface area (Å²) >= 11 is 0. The molecule has 0 saturated carbocycles. The maximum atomic E-state index is 12.2. The van der Waals surface area contributed by atoms with Crippen LogP contribution >= 0.6 is 0 Å². The molecule has 7 heteroatoms. The lowest BCUT2D eigenvalue weighted by atomic mass is 10.3. The SMILES string of the molecule is CCOc1ccc(NC(=O)CN(CCN2CCOCC2)C(C)=O)cc1. The second-order valence-electron chi connectivity index (χ2n) is 5.90. The smallest absolute Gasteiger partial charge is 0.243 e. The van der Waals surface area contributed by atoms with E-state index in [1.54, 1.807) is 29.2 Å². The van der Waals surface area contributed by atoms with E-state index in [4.69, 9.17) is 9.47 Å². The van der Waals surface area contributed by atoms with Crippen molar-refractivity contribution in [2.75, 3.05) is 57.9 Å². The van der Waals surface area contributed by atoms with Gasteiger partial charge in [-0.2, -0.15) is 0 Å². The summed E-state index contributed by atoms with van der Waals surface area (Å²) in [6.45, 7) is 8.51. The number of ether oxygens (including phenoxy) is 2. The van der Waals surface area contributed by atoms with Crippen molar-refractivity contribution in [3.8, 4) is 5.75 Å². The fraction of sp³-hybridized carbons (Fsp3) is 0.556. The molecular formula is C18H27N3O4. The number of hydrogen-bond donors (Lipinski definition) is 1. The molecule has 1 aromatic rings. The first kappa shape index (κ1) is 19.2. The zero-order chi connectivity index (χ0) is 18.1. The molecule has 2 amide bonds. The van der Waals surface area contributed by atoms with E-state index in [0.29, 0.717) is 18.8 Å². The van der Waals surface area contributed by atoms with Gasteiger partial charge in [-0.1, -0.05) is 0 Å². The van der Waals surface area contributed by atoms with Crippen molar-refractivity contribution in [2.24, 2.45) is 0 Å². The van der Waals surface area contributed by atoms with E-state index < -0.39 is 0 Å². The topological polar surface area (TPSA) is 71.1 Å². The monoisotopic (exact) mass is 349 g/mol. The quantitative estimate of drug-likeness (QED) is 0.764. The zero-order valence-electron chi connectivity index (χ0n) is 15.0. The van der Waals surface area contributed by atoms with Gasteiger partial charge in [0, 0.05) is 38.8 Å². The summed E-state index contributed by atoms with van der Waals surface area (Å²) in [5.41, 5.74) is 0.685. The third kappa shape index (κ3) is 6.72. The minimum atomic E-state index is -0.207. The van der Waals surface area contributed by atoms with Gasteiger partial charge in [-0.3, -0.25) is 14.5 Å². The number of morpholine rings is 1. The van der Waals surface area contributed by atoms with E-state index in [1.807, 2.05) is 6.92 Å². The minimum absolute atomic E-state index is 0.0485. The summed E-state index contributed by atoms with van der Waals surface area (Å²) in [5.74, 6) is 0.452. The summed E-state index contributed by atoms with van der Waals surface area (Å²) in [6.07, 6.45) is 0. The van der Waals surface area contributed by atoms with Crippen LogP contribution in [-0.4, -0.2) is 74.2 Å². The maximum absolute atomic E-state index is 12.2. The highest BCUT2D eigenvalue weighted by Crippen LogP contribution is 2.15. The molecule has 1 aliphatic rings. The number of carbonyl (C=O) groups is 2. The molecule has 0 aliphatic carbocycles. The van der Waals surface area contributed by atoms with E-state index in [9.17, 15) is 9.59 Å². The molecule has 1 heterocycles. The second-order valence-corrected chi connectivity index (χ2v) is 5.90.